The summed E-state index contributed by atoms with van der Waals surface area (Å²) in [7, 11) is 0. The third-order valence-electron chi connectivity index (χ3n) is 6.16. The number of hydrogen-bond acceptors (Lipinski definition) is 7. The zero-order valence-electron chi connectivity index (χ0n) is 20.3. The Hall–Kier alpha value is -3.91. The summed E-state index contributed by atoms with van der Waals surface area (Å²) in [5, 5.41) is 18.4. The fourth-order valence-electron chi connectivity index (χ4n) is 4.27. The van der Waals surface area contributed by atoms with E-state index in [1.54, 1.807) is 4.90 Å². The third kappa shape index (κ3) is 5.04. The molecule has 0 unspecified atom stereocenters. The van der Waals surface area contributed by atoms with E-state index >= 15 is 0 Å². The lowest BCUT2D eigenvalue weighted by Crippen LogP contribution is -2.45. The normalized spacial score (nSPS) is 12.0. The van der Waals surface area contributed by atoms with Crippen LogP contribution < -0.4 is 26.4 Å². The standard InChI is InChI=1S/C27H27ClN4O4/c1-4-32(5-2)23-22(24(33)25(23)34)31-21(27(35)36)13-16-6-10-19(11-7-16)30-26-20-14-18(28)9-8-17(20)12-15(3)29-26/h6-12,14,21,31H,4-5,13H2,1-3H3,(H,29,30)(H,35,36)/t21-/m0/s1. The molecule has 0 fully saturated rings. The molecule has 0 saturated heterocycles. The summed E-state index contributed by atoms with van der Waals surface area (Å²) >= 11 is 6.18. The van der Waals surface area contributed by atoms with Crippen LogP contribution in [0.1, 0.15) is 25.1 Å². The van der Waals surface area contributed by atoms with E-state index in [4.69, 9.17) is 11.6 Å². The Kier molecular flexibility index (Phi) is 7.26. The van der Waals surface area contributed by atoms with Crippen LogP contribution >= 0.6 is 11.6 Å². The molecule has 0 saturated carbocycles. The predicted octanol–water partition coefficient (Wildman–Crippen LogP) is 4.49. The van der Waals surface area contributed by atoms with Gasteiger partial charge in [-0.25, -0.2) is 9.78 Å². The van der Waals surface area contributed by atoms with E-state index < -0.39 is 22.9 Å². The summed E-state index contributed by atoms with van der Waals surface area (Å²) in [6.07, 6.45) is 0.132. The molecule has 0 bridgehead atoms. The molecule has 0 aliphatic carbocycles. The second-order valence-electron chi connectivity index (χ2n) is 8.59. The van der Waals surface area contributed by atoms with Gasteiger partial charge in [0, 0.05) is 41.3 Å². The molecule has 3 N–H and O–H groups in total. The van der Waals surface area contributed by atoms with Crippen LogP contribution in [0, 0.1) is 6.92 Å². The van der Waals surface area contributed by atoms with Crippen molar-refractivity contribution in [1.82, 2.24) is 4.98 Å². The van der Waals surface area contributed by atoms with Gasteiger partial charge in [0.25, 0.3) is 10.9 Å². The van der Waals surface area contributed by atoms with Crippen LogP contribution in [0.25, 0.3) is 10.8 Å². The van der Waals surface area contributed by atoms with Crippen molar-refractivity contribution in [3.8, 4) is 0 Å². The van der Waals surface area contributed by atoms with Gasteiger partial charge < -0.3 is 20.6 Å². The number of carbonyl (C=O) groups is 1. The number of anilines is 4. The summed E-state index contributed by atoms with van der Waals surface area (Å²) in [6, 6.07) is 13.9. The van der Waals surface area contributed by atoms with Crippen molar-refractivity contribution in [1.29, 1.82) is 0 Å². The van der Waals surface area contributed by atoms with E-state index in [9.17, 15) is 19.5 Å². The highest BCUT2D eigenvalue weighted by molar-refractivity contribution is 6.31. The second-order valence-corrected chi connectivity index (χ2v) is 9.03. The first-order valence-electron chi connectivity index (χ1n) is 11.7. The highest BCUT2D eigenvalue weighted by Gasteiger charge is 2.29. The minimum atomic E-state index is -1.11. The number of aliphatic carboxylic acids is 1. The number of rotatable bonds is 10. The van der Waals surface area contributed by atoms with Crippen molar-refractivity contribution in [2.45, 2.75) is 33.2 Å². The summed E-state index contributed by atoms with van der Waals surface area (Å²) in [5.41, 5.74) is 1.47. The molecule has 8 nitrogen and oxygen atoms in total. The number of aromatic nitrogens is 1. The molecule has 0 amide bonds. The van der Waals surface area contributed by atoms with Crippen LogP contribution in [-0.2, 0) is 11.2 Å². The molecule has 0 aliphatic heterocycles. The number of fused-ring (bicyclic) bond motifs is 1. The molecule has 1 heterocycles. The lowest BCUT2D eigenvalue weighted by molar-refractivity contribution is -0.137. The highest BCUT2D eigenvalue weighted by Crippen LogP contribution is 2.28. The SMILES string of the molecule is CCN(CC)c1c(N[C@@H](Cc2ccc(Nc3nc(C)cc4ccc(Cl)cc34)cc2)C(=O)O)c(=O)c1=O. The lowest BCUT2D eigenvalue weighted by Gasteiger charge is -2.26. The Morgan fingerprint density at radius 2 is 1.75 bits per heavy atom. The molecule has 3 aromatic carbocycles. The zero-order chi connectivity index (χ0) is 26.0. The number of nitrogens with one attached hydrogen (secondary N) is 2. The van der Waals surface area contributed by atoms with E-state index in [2.05, 4.69) is 15.6 Å². The molecule has 4 rings (SSSR count). The molecule has 1 atom stereocenters. The van der Waals surface area contributed by atoms with Gasteiger partial charge in [0.2, 0.25) is 0 Å². The van der Waals surface area contributed by atoms with Crippen LogP contribution in [0.15, 0.2) is 58.1 Å². The van der Waals surface area contributed by atoms with Crippen molar-refractivity contribution in [2.24, 2.45) is 0 Å². The number of nitrogens with zero attached hydrogens (tertiary/aromatic N) is 2. The van der Waals surface area contributed by atoms with E-state index in [-0.39, 0.29) is 17.8 Å². The van der Waals surface area contributed by atoms with Crippen molar-refractivity contribution in [3.05, 3.63) is 85.3 Å². The number of aryl methyl sites for hydroxylation is 1. The maximum Gasteiger partial charge on any atom is 0.326 e. The minimum Gasteiger partial charge on any atom is -0.480 e. The van der Waals surface area contributed by atoms with Crippen molar-refractivity contribution >= 4 is 51.2 Å². The van der Waals surface area contributed by atoms with E-state index in [1.807, 2.05) is 69.3 Å². The first-order valence-corrected chi connectivity index (χ1v) is 12.1. The van der Waals surface area contributed by atoms with Gasteiger partial charge in [-0.05, 0) is 62.1 Å². The van der Waals surface area contributed by atoms with Crippen molar-refractivity contribution in [3.63, 3.8) is 0 Å². The van der Waals surface area contributed by atoms with Crippen LogP contribution in [-0.4, -0.2) is 35.2 Å². The second kappa shape index (κ2) is 10.4. The molecular formula is C27H27ClN4O4. The first-order chi connectivity index (χ1) is 17.2. The summed E-state index contributed by atoms with van der Waals surface area (Å²) < 4.78 is 0. The number of halogens is 1. The summed E-state index contributed by atoms with van der Waals surface area (Å²) in [4.78, 5) is 42.6. The fourth-order valence-corrected chi connectivity index (χ4v) is 4.45. The van der Waals surface area contributed by atoms with Gasteiger partial charge in [0.15, 0.2) is 0 Å². The Bertz CT molecular complexity index is 1490. The highest BCUT2D eigenvalue weighted by atomic mass is 35.5. The summed E-state index contributed by atoms with van der Waals surface area (Å²) in [6.45, 7) is 6.75. The average Bonchev–Trinajstić information content (AvgIpc) is 2.86. The van der Waals surface area contributed by atoms with Crippen LogP contribution in [0.2, 0.25) is 5.02 Å². The molecule has 0 spiro atoms. The fraction of sp³-hybridized carbons (Fsp3) is 0.259. The van der Waals surface area contributed by atoms with Crippen molar-refractivity contribution in [2.75, 3.05) is 28.6 Å². The first kappa shape index (κ1) is 25.2. The number of hydrogen-bond donors (Lipinski definition) is 3. The number of carboxylic acid groups (broad SMARTS) is 1. The van der Waals surface area contributed by atoms with Crippen molar-refractivity contribution < 1.29 is 9.90 Å². The zero-order valence-corrected chi connectivity index (χ0v) is 21.0. The Morgan fingerprint density at radius 3 is 2.39 bits per heavy atom. The predicted molar refractivity (Wildman–Crippen MR) is 145 cm³/mol. The maximum atomic E-state index is 12.2. The molecular weight excluding hydrogens is 480 g/mol. The monoisotopic (exact) mass is 506 g/mol. The van der Waals surface area contributed by atoms with Gasteiger partial charge in [0.05, 0.1) is 0 Å². The minimum absolute atomic E-state index is 0.0745. The van der Waals surface area contributed by atoms with E-state index in [0.717, 1.165) is 27.7 Å². The van der Waals surface area contributed by atoms with E-state index in [1.165, 1.54) is 0 Å². The quantitative estimate of drug-likeness (QED) is 0.270. The number of pyridine rings is 1. The Labute approximate surface area is 213 Å². The van der Waals surface area contributed by atoms with Gasteiger partial charge >= 0.3 is 5.97 Å². The molecule has 36 heavy (non-hydrogen) atoms. The van der Waals surface area contributed by atoms with E-state index in [0.29, 0.717) is 23.9 Å². The van der Waals surface area contributed by atoms with Gasteiger partial charge in [-0.2, -0.15) is 0 Å². The van der Waals surface area contributed by atoms with Crippen LogP contribution in [0.5, 0.6) is 0 Å². The third-order valence-corrected chi connectivity index (χ3v) is 6.40. The molecule has 1 aromatic heterocycles. The molecule has 9 heteroatoms. The number of carboxylic acids is 1. The Balaban J connectivity index is 1.52. The lowest BCUT2D eigenvalue weighted by atomic mass is 10.0. The molecule has 0 radical (unpaired) electrons. The summed E-state index contributed by atoms with van der Waals surface area (Å²) in [5.74, 6) is -0.433. The van der Waals surface area contributed by atoms with Gasteiger partial charge in [-0.15, -0.1) is 0 Å². The smallest absolute Gasteiger partial charge is 0.326 e. The topological polar surface area (TPSA) is 112 Å². The van der Waals surface area contributed by atoms with Gasteiger partial charge in [0.1, 0.15) is 23.2 Å². The number of benzene rings is 2. The molecule has 4 aromatic rings. The Morgan fingerprint density at radius 1 is 1.06 bits per heavy atom. The van der Waals surface area contributed by atoms with Crippen LogP contribution in [0.4, 0.5) is 22.9 Å². The molecule has 186 valence electrons. The maximum absolute atomic E-state index is 12.2. The molecule has 0 aliphatic rings. The largest absolute Gasteiger partial charge is 0.480 e. The van der Waals surface area contributed by atoms with Gasteiger partial charge in [-0.1, -0.05) is 29.8 Å². The average molecular weight is 507 g/mol. The van der Waals surface area contributed by atoms with Crippen LogP contribution in [0.3, 0.4) is 0 Å². The van der Waals surface area contributed by atoms with Gasteiger partial charge in [-0.3, -0.25) is 9.59 Å².